The lowest BCUT2D eigenvalue weighted by Gasteiger charge is -2.37. The summed E-state index contributed by atoms with van der Waals surface area (Å²) in [6.45, 7) is 4.19. The number of hydrogen-bond donors (Lipinski definition) is 2. The number of fused-ring (bicyclic) bond motifs is 1. The van der Waals surface area contributed by atoms with Crippen LogP contribution in [0.5, 0.6) is 0 Å². The molecule has 5 nitrogen and oxygen atoms in total. The molecule has 0 bridgehead atoms. The Labute approximate surface area is 204 Å². The molecule has 0 saturated carbocycles. The number of halogens is 1. The van der Waals surface area contributed by atoms with Gasteiger partial charge in [-0.2, -0.15) is 0 Å². The second-order valence-electron chi connectivity index (χ2n) is 9.97. The van der Waals surface area contributed by atoms with Gasteiger partial charge in [-0.25, -0.2) is 4.39 Å². The minimum atomic E-state index is -0.535. The maximum absolute atomic E-state index is 13.9. The van der Waals surface area contributed by atoms with Gasteiger partial charge in [0.1, 0.15) is 5.82 Å². The third-order valence-corrected chi connectivity index (χ3v) is 6.56. The fraction of sp³-hybridized carbons (Fsp3) is 0.241. The van der Waals surface area contributed by atoms with E-state index >= 15 is 0 Å². The van der Waals surface area contributed by atoms with Gasteiger partial charge >= 0.3 is 0 Å². The predicted octanol–water partition coefficient (Wildman–Crippen LogP) is 6.08. The zero-order valence-electron chi connectivity index (χ0n) is 19.8. The van der Waals surface area contributed by atoms with E-state index in [0.29, 0.717) is 24.1 Å². The number of anilines is 3. The van der Waals surface area contributed by atoms with Gasteiger partial charge in [-0.05, 0) is 53.8 Å². The lowest BCUT2D eigenvalue weighted by molar-refractivity contribution is -0.119. The van der Waals surface area contributed by atoms with Crippen LogP contribution in [-0.2, 0) is 9.59 Å². The molecular weight excluding hydrogens is 441 g/mol. The lowest BCUT2D eigenvalue weighted by atomic mass is 9.73. The van der Waals surface area contributed by atoms with Crippen molar-refractivity contribution in [3.63, 3.8) is 0 Å². The number of rotatable bonds is 4. The molecule has 2 N–H and O–H groups in total. The van der Waals surface area contributed by atoms with Gasteiger partial charge in [-0.1, -0.05) is 56.3 Å². The zero-order chi connectivity index (χ0) is 24.6. The summed E-state index contributed by atoms with van der Waals surface area (Å²) in [5, 5.41) is 6.48. The highest BCUT2D eigenvalue weighted by Crippen LogP contribution is 2.48. The summed E-state index contributed by atoms with van der Waals surface area (Å²) in [5.41, 5.74) is 4.42. The first-order valence-electron chi connectivity index (χ1n) is 11.8. The molecule has 0 radical (unpaired) electrons. The number of nitrogens with one attached hydrogen (secondary N) is 2. The number of Topliss-reactive ketones (excluding diaryl/α,β-unsaturated/α-hetero) is 1. The minimum Gasteiger partial charge on any atom is -0.357 e. The van der Waals surface area contributed by atoms with Crippen molar-refractivity contribution in [3.8, 4) is 0 Å². The van der Waals surface area contributed by atoms with Crippen molar-refractivity contribution in [2.24, 2.45) is 5.41 Å². The first kappa shape index (κ1) is 22.8. The Kier molecular flexibility index (Phi) is 5.89. The maximum Gasteiger partial charge on any atom is 0.243 e. The van der Waals surface area contributed by atoms with Crippen LogP contribution in [0.4, 0.5) is 21.5 Å². The summed E-state index contributed by atoms with van der Waals surface area (Å²) < 4.78 is 13.9. The smallest absolute Gasteiger partial charge is 0.243 e. The highest BCUT2D eigenvalue weighted by Gasteiger charge is 2.41. The van der Waals surface area contributed by atoms with Crippen molar-refractivity contribution < 1.29 is 14.0 Å². The molecule has 0 saturated heterocycles. The van der Waals surface area contributed by atoms with E-state index in [2.05, 4.69) is 24.5 Å². The molecule has 1 aliphatic carbocycles. The van der Waals surface area contributed by atoms with E-state index in [-0.39, 0.29) is 29.5 Å². The summed E-state index contributed by atoms with van der Waals surface area (Å²) in [6, 6.07) is 22.7. The van der Waals surface area contributed by atoms with Crippen LogP contribution in [0.2, 0.25) is 0 Å². The zero-order valence-corrected chi connectivity index (χ0v) is 19.8. The number of para-hydroxylation sites is 3. The minimum absolute atomic E-state index is 0.0169. The van der Waals surface area contributed by atoms with Crippen molar-refractivity contribution in [3.05, 3.63) is 102 Å². The summed E-state index contributed by atoms with van der Waals surface area (Å²) in [6.07, 6.45) is 1.11. The SMILES string of the molecule is CC1(C)CC(=O)C2=C(C1)Nc1ccccc1N(CC(=O)Nc1ccccc1)[C@@H]2c1ccc(F)cc1. The number of benzene rings is 3. The monoisotopic (exact) mass is 469 g/mol. The van der Waals surface area contributed by atoms with E-state index in [9.17, 15) is 14.0 Å². The molecule has 0 unspecified atom stereocenters. The van der Waals surface area contributed by atoms with Gasteiger partial charge in [0.05, 0.1) is 24.0 Å². The molecule has 1 aliphatic heterocycles. The summed E-state index contributed by atoms with van der Waals surface area (Å²) in [4.78, 5) is 28.8. The Balaban J connectivity index is 1.64. The standard InChI is InChI=1S/C29H28FN3O2/c1-29(2)16-23-27(25(34)17-29)28(19-12-14-20(30)15-13-19)33(24-11-7-6-10-22(24)32-23)18-26(35)31-21-8-4-3-5-9-21/h3-15,28,32H,16-18H2,1-2H3,(H,31,35)/t28-/m1/s1. The number of carbonyl (C=O) groups excluding carboxylic acids is 2. The van der Waals surface area contributed by atoms with Gasteiger partial charge in [0, 0.05) is 23.4 Å². The van der Waals surface area contributed by atoms with E-state index in [0.717, 1.165) is 22.6 Å². The molecule has 178 valence electrons. The van der Waals surface area contributed by atoms with E-state index in [4.69, 9.17) is 0 Å². The number of carbonyl (C=O) groups is 2. The maximum atomic E-state index is 13.9. The normalized spacial score (nSPS) is 18.8. The van der Waals surface area contributed by atoms with Crippen LogP contribution in [0.3, 0.4) is 0 Å². The second-order valence-corrected chi connectivity index (χ2v) is 9.97. The van der Waals surface area contributed by atoms with E-state index < -0.39 is 6.04 Å². The van der Waals surface area contributed by atoms with Crippen LogP contribution in [0.25, 0.3) is 0 Å². The van der Waals surface area contributed by atoms with Crippen LogP contribution in [0.1, 0.15) is 38.3 Å². The Morgan fingerprint density at radius 1 is 1.00 bits per heavy atom. The van der Waals surface area contributed by atoms with Crippen molar-refractivity contribution >= 4 is 28.8 Å². The third-order valence-electron chi connectivity index (χ3n) is 6.56. The summed E-state index contributed by atoms with van der Waals surface area (Å²) in [5.74, 6) is -0.510. The summed E-state index contributed by atoms with van der Waals surface area (Å²) in [7, 11) is 0. The first-order valence-corrected chi connectivity index (χ1v) is 11.8. The molecule has 5 rings (SSSR count). The third kappa shape index (κ3) is 4.69. The van der Waals surface area contributed by atoms with E-state index in [1.165, 1.54) is 12.1 Å². The Bertz CT molecular complexity index is 1300. The van der Waals surface area contributed by atoms with Crippen LogP contribution < -0.4 is 15.5 Å². The number of amides is 1. The fourth-order valence-electron chi connectivity index (χ4n) is 5.10. The first-order chi connectivity index (χ1) is 16.8. The van der Waals surface area contributed by atoms with Gasteiger partial charge in [0.15, 0.2) is 5.78 Å². The molecule has 35 heavy (non-hydrogen) atoms. The topological polar surface area (TPSA) is 61.4 Å². The van der Waals surface area contributed by atoms with Crippen molar-refractivity contribution in [1.29, 1.82) is 0 Å². The quantitative estimate of drug-likeness (QED) is 0.486. The van der Waals surface area contributed by atoms with Gasteiger partial charge in [0.25, 0.3) is 0 Å². The summed E-state index contributed by atoms with van der Waals surface area (Å²) >= 11 is 0. The largest absolute Gasteiger partial charge is 0.357 e. The fourth-order valence-corrected chi connectivity index (χ4v) is 5.10. The van der Waals surface area contributed by atoms with Gasteiger partial charge in [-0.15, -0.1) is 0 Å². The average Bonchev–Trinajstić information content (AvgIpc) is 2.94. The number of hydrogen-bond acceptors (Lipinski definition) is 4. The Hall–Kier alpha value is -3.93. The number of ketones is 1. The Morgan fingerprint density at radius 2 is 1.69 bits per heavy atom. The molecule has 6 heteroatoms. The highest BCUT2D eigenvalue weighted by molar-refractivity contribution is 6.02. The molecule has 1 heterocycles. The van der Waals surface area contributed by atoms with Gasteiger partial charge in [0.2, 0.25) is 5.91 Å². The molecule has 3 aromatic carbocycles. The molecule has 0 spiro atoms. The second kappa shape index (κ2) is 9.02. The molecule has 0 fully saturated rings. The molecule has 1 amide bonds. The Morgan fingerprint density at radius 3 is 2.43 bits per heavy atom. The highest BCUT2D eigenvalue weighted by atomic mass is 19.1. The molecule has 2 aliphatic rings. The average molecular weight is 470 g/mol. The molecular formula is C29H28FN3O2. The predicted molar refractivity (Wildman–Crippen MR) is 137 cm³/mol. The van der Waals surface area contributed by atoms with Crippen LogP contribution >= 0.6 is 0 Å². The van der Waals surface area contributed by atoms with Crippen LogP contribution in [0.15, 0.2) is 90.1 Å². The molecule has 3 aromatic rings. The van der Waals surface area contributed by atoms with Crippen molar-refractivity contribution in [2.45, 2.75) is 32.7 Å². The lowest BCUT2D eigenvalue weighted by Crippen LogP contribution is -2.40. The van der Waals surface area contributed by atoms with Crippen molar-refractivity contribution in [2.75, 3.05) is 22.1 Å². The van der Waals surface area contributed by atoms with E-state index in [1.54, 1.807) is 12.1 Å². The van der Waals surface area contributed by atoms with Crippen LogP contribution in [0, 0.1) is 11.2 Å². The number of allylic oxidation sites excluding steroid dienone is 1. The van der Waals surface area contributed by atoms with Gasteiger partial charge in [-0.3, -0.25) is 9.59 Å². The molecule has 1 atom stereocenters. The van der Waals surface area contributed by atoms with Crippen molar-refractivity contribution in [1.82, 2.24) is 0 Å². The van der Waals surface area contributed by atoms with E-state index in [1.807, 2.05) is 59.5 Å². The van der Waals surface area contributed by atoms with Gasteiger partial charge < -0.3 is 15.5 Å². The van der Waals surface area contributed by atoms with Crippen LogP contribution in [-0.4, -0.2) is 18.2 Å². The molecule has 0 aromatic heterocycles. The number of nitrogens with zero attached hydrogens (tertiary/aromatic N) is 1.